The summed E-state index contributed by atoms with van der Waals surface area (Å²) in [5.74, 6) is -2.40. The SMILES string of the molecule is O=C([O-])c1cccc2[nH]cnc12.O=C([O-])c1cccc2[nH]cnc12.[Na+].[Na+]. The number of hydrogen-bond donors (Lipinski definition) is 2. The number of carbonyl (C=O) groups is 2. The normalized spacial score (nSPS) is 9.54. The molecule has 0 saturated heterocycles. The summed E-state index contributed by atoms with van der Waals surface area (Å²) in [6.07, 6.45) is 2.91. The van der Waals surface area contributed by atoms with Gasteiger partial charge in [-0.05, 0) is 12.1 Å². The second-order valence-corrected chi connectivity index (χ2v) is 4.78. The van der Waals surface area contributed by atoms with Crippen molar-refractivity contribution in [2.45, 2.75) is 0 Å². The molecule has 0 saturated carbocycles. The number of benzene rings is 2. The van der Waals surface area contributed by atoms with Crippen LogP contribution in [0.5, 0.6) is 0 Å². The fourth-order valence-electron chi connectivity index (χ4n) is 2.26. The van der Waals surface area contributed by atoms with Gasteiger partial charge in [-0.1, -0.05) is 24.3 Å². The van der Waals surface area contributed by atoms with Crippen LogP contribution in [0.4, 0.5) is 0 Å². The third-order valence-electron chi connectivity index (χ3n) is 3.34. The summed E-state index contributed by atoms with van der Waals surface area (Å²) in [4.78, 5) is 34.4. The van der Waals surface area contributed by atoms with Gasteiger partial charge in [-0.3, -0.25) is 0 Å². The summed E-state index contributed by atoms with van der Waals surface area (Å²) in [6, 6.07) is 9.75. The second kappa shape index (κ2) is 9.86. The molecule has 26 heavy (non-hydrogen) atoms. The van der Waals surface area contributed by atoms with Gasteiger partial charge in [0.1, 0.15) is 0 Å². The number of nitrogens with zero attached hydrogens (tertiary/aromatic N) is 2. The maximum absolute atomic E-state index is 10.5. The molecule has 0 fully saturated rings. The molecule has 0 unspecified atom stereocenters. The minimum atomic E-state index is -1.20. The average molecular weight is 368 g/mol. The molecule has 2 aromatic carbocycles. The van der Waals surface area contributed by atoms with E-state index in [2.05, 4.69) is 19.9 Å². The van der Waals surface area contributed by atoms with Crippen molar-refractivity contribution in [3.8, 4) is 0 Å². The van der Waals surface area contributed by atoms with E-state index in [0.717, 1.165) is 0 Å². The van der Waals surface area contributed by atoms with Gasteiger partial charge in [-0.15, -0.1) is 0 Å². The number of aromatic amines is 2. The molecular formula is C16H10N4Na2O4. The van der Waals surface area contributed by atoms with Crippen molar-refractivity contribution in [1.29, 1.82) is 0 Å². The van der Waals surface area contributed by atoms with E-state index in [0.29, 0.717) is 22.1 Å². The maximum atomic E-state index is 10.5. The number of imidazole rings is 2. The van der Waals surface area contributed by atoms with Gasteiger partial charge in [-0.2, -0.15) is 0 Å². The molecule has 0 aliphatic heterocycles. The first-order valence-electron chi connectivity index (χ1n) is 6.85. The Kier molecular flexibility index (Phi) is 8.48. The van der Waals surface area contributed by atoms with Crippen LogP contribution in [-0.2, 0) is 0 Å². The summed E-state index contributed by atoms with van der Waals surface area (Å²) in [7, 11) is 0. The van der Waals surface area contributed by atoms with Gasteiger partial charge < -0.3 is 29.8 Å². The first-order valence-corrected chi connectivity index (χ1v) is 6.85. The molecule has 0 atom stereocenters. The molecule has 120 valence electrons. The topological polar surface area (TPSA) is 138 Å². The predicted octanol–water partition coefficient (Wildman–Crippen LogP) is -6.14. The van der Waals surface area contributed by atoms with Crippen LogP contribution in [0.2, 0.25) is 0 Å². The van der Waals surface area contributed by atoms with Crippen LogP contribution in [0.25, 0.3) is 22.1 Å². The van der Waals surface area contributed by atoms with Gasteiger partial charge in [0.2, 0.25) is 0 Å². The Labute approximate surface area is 191 Å². The van der Waals surface area contributed by atoms with Gasteiger partial charge in [0.25, 0.3) is 0 Å². The Balaban J connectivity index is 0.000000241. The number of aromatic nitrogens is 4. The van der Waals surface area contributed by atoms with Crippen LogP contribution in [0.15, 0.2) is 49.1 Å². The van der Waals surface area contributed by atoms with Crippen LogP contribution >= 0.6 is 0 Å². The fourth-order valence-corrected chi connectivity index (χ4v) is 2.26. The molecule has 0 spiro atoms. The number of carboxylic acids is 2. The zero-order chi connectivity index (χ0) is 17.1. The molecule has 4 aromatic rings. The van der Waals surface area contributed by atoms with Gasteiger partial charge in [-0.25, -0.2) is 9.97 Å². The molecule has 0 bridgehead atoms. The Morgan fingerprint density at radius 1 is 0.731 bits per heavy atom. The second-order valence-electron chi connectivity index (χ2n) is 4.78. The van der Waals surface area contributed by atoms with Gasteiger partial charge in [0.05, 0.1) is 46.7 Å². The number of hydrogen-bond acceptors (Lipinski definition) is 6. The van der Waals surface area contributed by atoms with Crippen molar-refractivity contribution < 1.29 is 78.9 Å². The maximum Gasteiger partial charge on any atom is 1.00 e. The standard InChI is InChI=1S/2C8H6N2O2.2Na/c2*11-8(12)5-2-1-3-6-7(5)10-4-9-6;;/h2*1-4H,(H,9,10)(H,11,12);;/q;;2*+1/p-2. The number of fused-ring (bicyclic) bond motifs is 2. The van der Waals surface area contributed by atoms with E-state index in [1.54, 1.807) is 24.3 Å². The van der Waals surface area contributed by atoms with Crippen LogP contribution in [-0.4, -0.2) is 31.9 Å². The van der Waals surface area contributed by atoms with Crippen LogP contribution in [0.3, 0.4) is 0 Å². The molecule has 2 aromatic heterocycles. The number of carbonyl (C=O) groups excluding carboxylic acids is 2. The summed E-state index contributed by atoms with van der Waals surface area (Å²) < 4.78 is 0. The minimum absolute atomic E-state index is 0. The first-order chi connectivity index (χ1) is 11.6. The fraction of sp³-hybridized carbons (Fsp3) is 0. The quantitative estimate of drug-likeness (QED) is 0.338. The van der Waals surface area contributed by atoms with E-state index < -0.39 is 11.9 Å². The van der Waals surface area contributed by atoms with Crippen molar-refractivity contribution >= 4 is 34.0 Å². The smallest absolute Gasteiger partial charge is 0.545 e. The van der Waals surface area contributed by atoms with E-state index in [1.165, 1.54) is 24.8 Å². The molecule has 2 N–H and O–H groups in total. The Bertz CT molecular complexity index is 961. The van der Waals surface area contributed by atoms with E-state index in [-0.39, 0.29) is 70.2 Å². The number of H-pyrrole nitrogens is 2. The Morgan fingerprint density at radius 2 is 1.12 bits per heavy atom. The third kappa shape index (κ3) is 4.73. The van der Waals surface area contributed by atoms with Crippen LogP contribution in [0, 0.1) is 0 Å². The number of para-hydroxylation sites is 2. The number of nitrogens with one attached hydrogen (secondary N) is 2. The number of carboxylic acid groups (broad SMARTS) is 2. The molecule has 0 aliphatic carbocycles. The molecular weight excluding hydrogens is 358 g/mol. The van der Waals surface area contributed by atoms with E-state index in [4.69, 9.17) is 0 Å². The largest absolute Gasteiger partial charge is 1.00 e. The van der Waals surface area contributed by atoms with Gasteiger partial charge in [0.15, 0.2) is 0 Å². The predicted molar refractivity (Wildman–Crippen MR) is 80.8 cm³/mol. The first kappa shape index (κ1) is 22.4. The van der Waals surface area contributed by atoms with E-state index >= 15 is 0 Å². The monoisotopic (exact) mass is 368 g/mol. The van der Waals surface area contributed by atoms with Crippen molar-refractivity contribution in [3.63, 3.8) is 0 Å². The molecule has 4 rings (SSSR count). The zero-order valence-electron chi connectivity index (χ0n) is 14.1. The average Bonchev–Trinajstić information content (AvgIpc) is 3.23. The minimum Gasteiger partial charge on any atom is -0.545 e. The van der Waals surface area contributed by atoms with Gasteiger partial charge >= 0.3 is 59.1 Å². The number of aromatic carboxylic acids is 2. The molecule has 10 heteroatoms. The van der Waals surface area contributed by atoms with Gasteiger partial charge in [0, 0.05) is 11.1 Å². The summed E-state index contributed by atoms with van der Waals surface area (Å²) in [6.45, 7) is 0. The van der Waals surface area contributed by atoms with Crippen molar-refractivity contribution in [2.24, 2.45) is 0 Å². The summed E-state index contributed by atoms with van der Waals surface area (Å²) in [5, 5.41) is 21.1. The zero-order valence-corrected chi connectivity index (χ0v) is 18.1. The number of rotatable bonds is 2. The molecule has 8 nitrogen and oxygen atoms in total. The molecule has 0 aliphatic rings. The van der Waals surface area contributed by atoms with Crippen molar-refractivity contribution in [3.05, 3.63) is 60.2 Å². The van der Waals surface area contributed by atoms with E-state index in [9.17, 15) is 19.8 Å². The Morgan fingerprint density at radius 3 is 1.46 bits per heavy atom. The van der Waals surface area contributed by atoms with Crippen LogP contribution < -0.4 is 69.3 Å². The van der Waals surface area contributed by atoms with Crippen molar-refractivity contribution in [1.82, 2.24) is 19.9 Å². The summed E-state index contributed by atoms with van der Waals surface area (Å²) in [5.41, 5.74) is 2.53. The summed E-state index contributed by atoms with van der Waals surface area (Å²) >= 11 is 0. The van der Waals surface area contributed by atoms with Crippen molar-refractivity contribution in [2.75, 3.05) is 0 Å². The Hall–Kier alpha value is -1.68. The molecule has 2 heterocycles. The third-order valence-corrected chi connectivity index (χ3v) is 3.34. The molecule has 0 amide bonds. The van der Waals surface area contributed by atoms with E-state index in [1.807, 2.05) is 0 Å². The van der Waals surface area contributed by atoms with Crippen LogP contribution in [0.1, 0.15) is 20.7 Å². The molecule has 0 radical (unpaired) electrons.